The second-order valence-corrected chi connectivity index (χ2v) is 8.73. The number of carbonyl (C=O) groups excluding carboxylic acids is 2. The van der Waals surface area contributed by atoms with Gasteiger partial charge < -0.3 is 19.0 Å². The van der Waals surface area contributed by atoms with E-state index < -0.39 is 28.2 Å². The maximum Gasteiger partial charge on any atom is 0.407 e. The van der Waals surface area contributed by atoms with Crippen molar-refractivity contribution in [3.63, 3.8) is 0 Å². The number of ether oxygens (including phenoxy) is 2. The van der Waals surface area contributed by atoms with Gasteiger partial charge in [-0.05, 0) is 42.3 Å². The molecule has 1 amide bonds. The third-order valence-electron chi connectivity index (χ3n) is 4.70. The van der Waals surface area contributed by atoms with Crippen molar-refractivity contribution in [3.05, 3.63) is 96.1 Å². The fourth-order valence-electron chi connectivity index (χ4n) is 3.06. The highest BCUT2D eigenvalue weighted by Gasteiger charge is 2.21. The van der Waals surface area contributed by atoms with Gasteiger partial charge in [-0.2, -0.15) is 8.42 Å². The van der Waals surface area contributed by atoms with Gasteiger partial charge in [0.05, 0.1) is 19.1 Å². The number of hydrogen-bond acceptors (Lipinski definition) is 7. The molecule has 0 aliphatic carbocycles. The maximum atomic E-state index is 12.4. The third-order valence-corrected chi connectivity index (χ3v) is 5.96. The van der Waals surface area contributed by atoms with Crippen LogP contribution < -0.4 is 9.50 Å². The van der Waals surface area contributed by atoms with Crippen LogP contribution in [0.2, 0.25) is 0 Å². The number of amides is 1. The van der Waals surface area contributed by atoms with Crippen LogP contribution in [0.15, 0.2) is 89.8 Å². The van der Waals surface area contributed by atoms with Crippen molar-refractivity contribution in [2.45, 2.75) is 30.9 Å². The number of benzene rings is 3. The minimum absolute atomic E-state index is 0.0297. The molecule has 3 rings (SSSR count). The molecule has 0 spiro atoms. The molecule has 0 aromatic heterocycles. The SMILES string of the molecule is CCOC(=O)CC(NC(=O)OCc1ccccc1)c1ccc(OS(=O)(=O)c2ccccc2)cc1. The van der Waals surface area contributed by atoms with Gasteiger partial charge in [0.1, 0.15) is 17.3 Å². The minimum Gasteiger partial charge on any atom is -0.466 e. The molecule has 3 aromatic rings. The molecular weight excluding hydrogens is 458 g/mol. The average Bonchev–Trinajstić information content (AvgIpc) is 2.84. The molecule has 9 heteroatoms. The Kier molecular flexibility index (Phi) is 8.64. The number of carbonyl (C=O) groups is 2. The Morgan fingerprint density at radius 2 is 1.47 bits per heavy atom. The lowest BCUT2D eigenvalue weighted by molar-refractivity contribution is -0.143. The van der Waals surface area contributed by atoms with Crippen molar-refractivity contribution in [3.8, 4) is 5.75 Å². The van der Waals surface area contributed by atoms with Crippen LogP contribution in [0.5, 0.6) is 5.75 Å². The van der Waals surface area contributed by atoms with Crippen LogP contribution in [0.4, 0.5) is 4.79 Å². The zero-order valence-electron chi connectivity index (χ0n) is 18.5. The Morgan fingerprint density at radius 1 is 0.853 bits per heavy atom. The Bertz CT molecular complexity index is 1180. The average molecular weight is 484 g/mol. The lowest BCUT2D eigenvalue weighted by Crippen LogP contribution is -2.31. The zero-order chi connectivity index (χ0) is 24.4. The fraction of sp³-hybridized carbons (Fsp3) is 0.200. The molecular formula is C25H25NO7S. The van der Waals surface area contributed by atoms with Gasteiger partial charge in [-0.3, -0.25) is 4.79 Å². The number of alkyl carbamates (subject to hydrolysis) is 1. The molecule has 8 nitrogen and oxygen atoms in total. The summed E-state index contributed by atoms with van der Waals surface area (Å²) in [7, 11) is -3.99. The van der Waals surface area contributed by atoms with Gasteiger partial charge >= 0.3 is 22.2 Å². The molecule has 0 aliphatic rings. The summed E-state index contributed by atoms with van der Waals surface area (Å²) in [5.41, 5.74) is 1.37. The molecule has 0 saturated carbocycles. The van der Waals surface area contributed by atoms with E-state index in [9.17, 15) is 18.0 Å². The first-order valence-corrected chi connectivity index (χ1v) is 12.0. The van der Waals surface area contributed by atoms with Gasteiger partial charge in [-0.25, -0.2) is 4.79 Å². The second kappa shape index (κ2) is 11.9. The number of rotatable bonds is 10. The summed E-state index contributed by atoms with van der Waals surface area (Å²) in [6.45, 7) is 1.96. The van der Waals surface area contributed by atoms with E-state index in [1.54, 1.807) is 37.3 Å². The Labute approximate surface area is 198 Å². The van der Waals surface area contributed by atoms with Gasteiger partial charge in [-0.15, -0.1) is 0 Å². The highest BCUT2D eigenvalue weighted by Crippen LogP contribution is 2.24. The lowest BCUT2D eigenvalue weighted by atomic mass is 10.0. The van der Waals surface area contributed by atoms with Gasteiger partial charge in [-0.1, -0.05) is 60.7 Å². The minimum atomic E-state index is -3.99. The lowest BCUT2D eigenvalue weighted by Gasteiger charge is -2.19. The largest absolute Gasteiger partial charge is 0.466 e. The van der Waals surface area contributed by atoms with E-state index in [-0.39, 0.29) is 30.3 Å². The molecule has 1 unspecified atom stereocenters. The van der Waals surface area contributed by atoms with Crippen LogP contribution in [-0.4, -0.2) is 27.1 Å². The highest BCUT2D eigenvalue weighted by molar-refractivity contribution is 7.87. The van der Waals surface area contributed by atoms with E-state index >= 15 is 0 Å². The summed E-state index contributed by atoms with van der Waals surface area (Å²) in [6.07, 6.45) is -0.832. The van der Waals surface area contributed by atoms with Crippen LogP contribution in [-0.2, 0) is 31.0 Å². The first-order valence-electron chi connectivity index (χ1n) is 10.6. The zero-order valence-corrected chi connectivity index (χ0v) is 19.4. The van der Waals surface area contributed by atoms with Crippen molar-refractivity contribution in [2.75, 3.05) is 6.61 Å². The van der Waals surface area contributed by atoms with E-state index in [1.165, 1.54) is 24.3 Å². The predicted molar refractivity (Wildman–Crippen MR) is 124 cm³/mol. The van der Waals surface area contributed by atoms with Crippen LogP contribution in [0, 0.1) is 0 Å². The van der Waals surface area contributed by atoms with E-state index in [0.717, 1.165) is 5.56 Å². The molecule has 0 saturated heterocycles. The van der Waals surface area contributed by atoms with Gasteiger partial charge in [0.2, 0.25) is 0 Å². The van der Waals surface area contributed by atoms with Gasteiger partial charge in [0, 0.05) is 0 Å². The number of nitrogens with one attached hydrogen (secondary N) is 1. The van der Waals surface area contributed by atoms with E-state index in [2.05, 4.69) is 5.32 Å². The van der Waals surface area contributed by atoms with Crippen LogP contribution >= 0.6 is 0 Å². The summed E-state index contributed by atoms with van der Waals surface area (Å²) in [5, 5.41) is 2.67. The van der Waals surface area contributed by atoms with Crippen LogP contribution in [0.3, 0.4) is 0 Å². The summed E-state index contributed by atoms with van der Waals surface area (Å²) >= 11 is 0. The Morgan fingerprint density at radius 3 is 2.09 bits per heavy atom. The number of esters is 1. The molecule has 0 bridgehead atoms. The second-order valence-electron chi connectivity index (χ2n) is 7.19. The van der Waals surface area contributed by atoms with E-state index in [0.29, 0.717) is 5.56 Å². The molecule has 3 aromatic carbocycles. The van der Waals surface area contributed by atoms with Crippen molar-refractivity contribution in [1.29, 1.82) is 0 Å². The fourth-order valence-corrected chi connectivity index (χ4v) is 4.01. The molecule has 34 heavy (non-hydrogen) atoms. The molecule has 1 N–H and O–H groups in total. The molecule has 0 aliphatic heterocycles. The number of hydrogen-bond donors (Lipinski definition) is 1. The van der Waals surface area contributed by atoms with Crippen molar-refractivity contribution < 1.29 is 31.7 Å². The van der Waals surface area contributed by atoms with Gasteiger partial charge in [0.15, 0.2) is 0 Å². The molecule has 0 fully saturated rings. The molecule has 1 atom stereocenters. The van der Waals surface area contributed by atoms with Crippen molar-refractivity contribution in [1.82, 2.24) is 5.32 Å². The van der Waals surface area contributed by atoms with Crippen LogP contribution in [0.25, 0.3) is 0 Å². The van der Waals surface area contributed by atoms with Crippen molar-refractivity contribution in [2.24, 2.45) is 0 Å². The Balaban J connectivity index is 1.69. The van der Waals surface area contributed by atoms with Crippen LogP contribution in [0.1, 0.15) is 30.5 Å². The smallest absolute Gasteiger partial charge is 0.407 e. The van der Waals surface area contributed by atoms with E-state index in [1.807, 2.05) is 30.3 Å². The summed E-state index contributed by atoms with van der Waals surface area (Å²) in [5.74, 6) is -0.406. The normalized spacial score (nSPS) is 11.8. The van der Waals surface area contributed by atoms with Gasteiger partial charge in [0.25, 0.3) is 0 Å². The maximum absolute atomic E-state index is 12.4. The Hall–Kier alpha value is -3.85. The highest BCUT2D eigenvalue weighted by atomic mass is 32.2. The summed E-state index contributed by atoms with van der Waals surface area (Å²) < 4.78 is 40.3. The molecule has 178 valence electrons. The standard InChI is InChI=1S/C25H25NO7S/c1-2-31-24(27)17-23(26-25(28)32-18-19-9-5-3-6-10-19)20-13-15-21(16-14-20)33-34(29,30)22-11-7-4-8-12-22/h3-16,23H,2,17-18H2,1H3,(H,26,28). The third kappa shape index (κ3) is 7.35. The molecule has 0 radical (unpaired) electrons. The monoisotopic (exact) mass is 483 g/mol. The topological polar surface area (TPSA) is 108 Å². The first kappa shape index (κ1) is 24.8. The quantitative estimate of drug-likeness (QED) is 0.337. The summed E-state index contributed by atoms with van der Waals surface area (Å²) in [6, 6.07) is 22.2. The predicted octanol–water partition coefficient (Wildman–Crippen LogP) is 4.38. The first-order chi connectivity index (χ1) is 16.4. The summed E-state index contributed by atoms with van der Waals surface area (Å²) in [4.78, 5) is 24.5. The molecule has 0 heterocycles. The van der Waals surface area contributed by atoms with Crippen molar-refractivity contribution >= 4 is 22.2 Å². The van der Waals surface area contributed by atoms with E-state index in [4.69, 9.17) is 13.7 Å².